The predicted molar refractivity (Wildman–Crippen MR) is 96.4 cm³/mol. The maximum Gasteiger partial charge on any atom is 1.00 e. The number of rotatable bonds is 5. The van der Waals surface area contributed by atoms with E-state index in [9.17, 15) is 17.8 Å². The summed E-state index contributed by atoms with van der Waals surface area (Å²) in [6.07, 6.45) is 1.28. The average molecular weight is 475 g/mol. The van der Waals surface area contributed by atoms with Crippen LogP contribution in [0.15, 0.2) is 51.9 Å². The maximum atomic E-state index is 12.5. The van der Waals surface area contributed by atoms with Crippen LogP contribution < -0.4 is 74.5 Å². The summed E-state index contributed by atoms with van der Waals surface area (Å²) in [4.78, 5) is 12.5. The van der Waals surface area contributed by atoms with Gasteiger partial charge in [-0.15, -0.1) is 10.4 Å². The van der Waals surface area contributed by atoms with Crippen molar-refractivity contribution in [2.75, 3.05) is 5.73 Å². The SMILES string of the molecule is Nc1cc(-c2coc3c[c-]ccc3c2=O)ccc1OS(=O)(=O)[O-].OOOOS.[Na+].[Na+]. The van der Waals surface area contributed by atoms with E-state index in [1.54, 1.807) is 18.2 Å². The Labute approximate surface area is 220 Å². The second kappa shape index (κ2) is 13.7. The summed E-state index contributed by atoms with van der Waals surface area (Å²) >= 11 is 2.99. The monoisotopic (exact) mass is 475 g/mol. The summed E-state index contributed by atoms with van der Waals surface area (Å²) in [5.41, 5.74) is 6.34. The summed E-state index contributed by atoms with van der Waals surface area (Å²) in [6, 6.07) is 11.5. The Balaban J connectivity index is 0.00000108. The van der Waals surface area contributed by atoms with Crippen molar-refractivity contribution in [2.24, 2.45) is 0 Å². The Bertz CT molecular complexity index is 1120. The van der Waals surface area contributed by atoms with E-state index >= 15 is 0 Å². The number of nitrogens with two attached hydrogens (primary N) is 1. The fraction of sp³-hybridized carbons (Fsp3) is 0. The topological polar surface area (TPSA) is 171 Å². The first-order valence-corrected chi connectivity index (χ1v) is 8.72. The van der Waals surface area contributed by atoms with E-state index in [-0.39, 0.29) is 81.5 Å². The Morgan fingerprint density at radius 1 is 1.23 bits per heavy atom. The average Bonchev–Trinajstić information content (AvgIpc) is 2.64. The van der Waals surface area contributed by atoms with Crippen LogP contribution in [0.3, 0.4) is 0 Å². The van der Waals surface area contributed by atoms with Gasteiger partial charge in [-0.05, 0) is 33.2 Å². The molecular formula is C15H11NNa2O10S2. The second-order valence-electron chi connectivity index (χ2n) is 4.86. The summed E-state index contributed by atoms with van der Waals surface area (Å²) in [6.45, 7) is 0. The predicted octanol–water partition coefficient (Wildman–Crippen LogP) is -4.13. The van der Waals surface area contributed by atoms with E-state index in [0.717, 1.165) is 0 Å². The van der Waals surface area contributed by atoms with Crippen molar-refractivity contribution >= 4 is 40.0 Å². The van der Waals surface area contributed by atoms with E-state index in [0.29, 0.717) is 16.5 Å². The molecule has 2 aromatic carbocycles. The molecule has 0 aliphatic heterocycles. The van der Waals surface area contributed by atoms with Gasteiger partial charge in [-0.1, -0.05) is 6.07 Å². The van der Waals surface area contributed by atoms with Crippen LogP contribution >= 0.6 is 12.9 Å². The number of benzene rings is 2. The fourth-order valence-corrected chi connectivity index (χ4v) is 2.53. The molecule has 3 aromatic rings. The minimum absolute atomic E-state index is 0. The first-order chi connectivity index (χ1) is 13.3. The molecule has 0 spiro atoms. The van der Waals surface area contributed by atoms with Gasteiger partial charge in [0.2, 0.25) is 0 Å². The summed E-state index contributed by atoms with van der Waals surface area (Å²) in [7, 11) is -4.93. The molecule has 1 aromatic heterocycles. The number of anilines is 1. The molecule has 0 radical (unpaired) electrons. The molecular weight excluding hydrogens is 464 g/mol. The van der Waals surface area contributed by atoms with E-state index in [4.69, 9.17) is 15.4 Å². The molecule has 0 atom stereocenters. The van der Waals surface area contributed by atoms with Gasteiger partial charge in [0.05, 0.1) is 17.5 Å². The molecule has 11 nitrogen and oxygen atoms in total. The zero-order valence-corrected chi connectivity index (χ0v) is 21.3. The van der Waals surface area contributed by atoms with Crippen molar-refractivity contribution in [3.8, 4) is 16.9 Å². The Morgan fingerprint density at radius 2 is 1.93 bits per heavy atom. The van der Waals surface area contributed by atoms with Crippen molar-refractivity contribution in [3.05, 3.63) is 59.0 Å². The third kappa shape index (κ3) is 8.47. The molecule has 0 bridgehead atoms. The second-order valence-corrected chi connectivity index (χ2v) is 5.99. The van der Waals surface area contributed by atoms with Crippen LogP contribution in [0.1, 0.15) is 0 Å². The molecule has 0 saturated carbocycles. The zero-order valence-electron chi connectivity index (χ0n) is 15.6. The van der Waals surface area contributed by atoms with E-state index in [1.807, 2.05) is 0 Å². The molecule has 0 fully saturated rings. The van der Waals surface area contributed by atoms with Gasteiger partial charge < -0.3 is 18.9 Å². The van der Waals surface area contributed by atoms with Crippen molar-refractivity contribution in [2.45, 2.75) is 0 Å². The number of thiol groups is 1. The molecule has 0 unspecified atom stereocenters. The normalized spacial score (nSPS) is 10.2. The van der Waals surface area contributed by atoms with Crippen molar-refractivity contribution in [1.29, 1.82) is 0 Å². The van der Waals surface area contributed by atoms with Gasteiger partial charge in [0.15, 0.2) is 11.2 Å². The molecule has 0 saturated heterocycles. The largest absolute Gasteiger partial charge is 1.00 e. The van der Waals surface area contributed by atoms with Gasteiger partial charge in [-0.25, -0.2) is 13.7 Å². The van der Waals surface area contributed by atoms with Gasteiger partial charge in [-0.2, -0.15) is 18.2 Å². The molecule has 150 valence electrons. The molecule has 3 N–H and O–H groups in total. The van der Waals surface area contributed by atoms with Crippen molar-refractivity contribution < 1.29 is 100 Å². The molecule has 0 aliphatic carbocycles. The maximum absolute atomic E-state index is 12.5. The standard InChI is InChI=1S/C15H10NO6S.2Na.H2O4S/c16-12-7-9(5-6-14(12)22-23(18,19)20)11-8-21-13-4-2-1-3-10(13)15(11)17;;;1-2-3-4-5/h1,3-8H,16H2,(H,18,19,20);;;1,5H/q-1;2*+1;/p-1. The van der Waals surface area contributed by atoms with Gasteiger partial charge >= 0.3 is 59.1 Å². The van der Waals surface area contributed by atoms with Crippen LogP contribution in [0, 0.1) is 6.07 Å². The minimum atomic E-state index is -4.93. The Morgan fingerprint density at radius 3 is 2.47 bits per heavy atom. The molecule has 15 heteroatoms. The van der Waals surface area contributed by atoms with Crippen LogP contribution in [-0.4, -0.2) is 18.2 Å². The Hall–Kier alpha value is -0.650. The molecule has 1 heterocycles. The molecule has 0 amide bonds. The van der Waals surface area contributed by atoms with Gasteiger partial charge in [0, 0.05) is 18.5 Å². The van der Waals surface area contributed by atoms with Gasteiger partial charge in [0.25, 0.3) is 10.4 Å². The number of fused-ring (bicyclic) bond motifs is 1. The molecule has 0 aliphatic rings. The smallest absolute Gasteiger partial charge is 0.716 e. The number of nitrogen functional groups attached to an aromatic ring is 1. The van der Waals surface area contributed by atoms with E-state index in [1.165, 1.54) is 24.5 Å². The molecule has 30 heavy (non-hydrogen) atoms. The van der Waals surface area contributed by atoms with Crippen molar-refractivity contribution in [3.63, 3.8) is 0 Å². The van der Waals surface area contributed by atoms with Gasteiger partial charge in [-0.3, -0.25) is 4.79 Å². The van der Waals surface area contributed by atoms with Crippen LogP contribution in [0.5, 0.6) is 5.75 Å². The van der Waals surface area contributed by atoms with Gasteiger partial charge in [0.1, 0.15) is 0 Å². The van der Waals surface area contributed by atoms with Crippen LogP contribution in [0.2, 0.25) is 0 Å². The number of hydrogen-bond donors (Lipinski definition) is 3. The minimum Gasteiger partial charge on any atom is -0.716 e. The van der Waals surface area contributed by atoms with Crippen LogP contribution in [0.25, 0.3) is 22.1 Å². The van der Waals surface area contributed by atoms with Crippen LogP contribution in [0.4, 0.5) is 5.69 Å². The molecule has 3 rings (SSSR count). The van der Waals surface area contributed by atoms with E-state index < -0.39 is 10.4 Å². The third-order valence-corrected chi connectivity index (χ3v) is 3.64. The Kier molecular flexibility index (Phi) is 13.4. The van der Waals surface area contributed by atoms with Crippen LogP contribution in [-0.2, 0) is 24.8 Å². The quantitative estimate of drug-likeness (QED) is 0.0377. The third-order valence-electron chi connectivity index (χ3n) is 3.19. The zero-order chi connectivity index (χ0) is 20.7. The number of hydrogen-bond acceptors (Lipinski definition) is 12. The summed E-state index contributed by atoms with van der Waals surface area (Å²) in [5.74, 6) is -0.302. The first kappa shape index (κ1) is 29.4. The summed E-state index contributed by atoms with van der Waals surface area (Å²) < 4.78 is 44.8. The fourth-order valence-electron chi connectivity index (χ4n) is 2.14. The summed E-state index contributed by atoms with van der Waals surface area (Å²) in [5, 5.41) is 13.7. The van der Waals surface area contributed by atoms with Crippen molar-refractivity contribution in [1.82, 2.24) is 0 Å². The first-order valence-electron chi connectivity index (χ1n) is 7.02. The van der Waals surface area contributed by atoms with E-state index in [2.05, 4.69) is 37.6 Å².